The van der Waals surface area contributed by atoms with Crippen molar-refractivity contribution in [1.29, 1.82) is 0 Å². The van der Waals surface area contributed by atoms with Crippen molar-refractivity contribution in [1.82, 2.24) is 9.80 Å². The van der Waals surface area contributed by atoms with Gasteiger partial charge >= 0.3 is 0 Å². The van der Waals surface area contributed by atoms with Gasteiger partial charge in [-0.05, 0) is 24.7 Å². The van der Waals surface area contributed by atoms with Crippen LogP contribution in [0.2, 0.25) is 0 Å². The van der Waals surface area contributed by atoms with E-state index in [1.807, 2.05) is 0 Å². The van der Waals surface area contributed by atoms with Gasteiger partial charge in [0.2, 0.25) is 0 Å². The van der Waals surface area contributed by atoms with Crippen LogP contribution in [0.15, 0.2) is 24.3 Å². The average Bonchev–Trinajstić information content (AvgIpc) is 2.39. The first kappa shape index (κ1) is 13.5. The molecule has 0 bridgehead atoms. The van der Waals surface area contributed by atoms with E-state index in [1.54, 1.807) is 12.1 Å². The first-order valence-electron chi connectivity index (χ1n) is 6.46. The molecular weight excluding hydrogens is 231 g/mol. The minimum Gasteiger partial charge on any atom is -0.396 e. The molecule has 0 spiro atoms. The lowest BCUT2D eigenvalue weighted by Crippen LogP contribution is -2.46. The van der Waals surface area contributed by atoms with Crippen LogP contribution in [0, 0.1) is 5.82 Å². The van der Waals surface area contributed by atoms with Crippen LogP contribution in [0.1, 0.15) is 11.5 Å². The van der Waals surface area contributed by atoms with Crippen molar-refractivity contribution in [3.8, 4) is 0 Å². The number of rotatable bonds is 4. The van der Waals surface area contributed by atoms with Crippen LogP contribution in [-0.2, 0) is 0 Å². The van der Waals surface area contributed by atoms with Crippen molar-refractivity contribution in [2.75, 3.05) is 46.4 Å². The van der Waals surface area contributed by atoms with E-state index in [9.17, 15) is 9.50 Å². The van der Waals surface area contributed by atoms with Crippen LogP contribution in [-0.4, -0.2) is 61.3 Å². The Bertz CT molecular complexity index is 361. The van der Waals surface area contributed by atoms with Gasteiger partial charge in [-0.2, -0.15) is 0 Å². The number of hydrogen-bond donors (Lipinski definition) is 1. The Morgan fingerprint density at radius 2 is 1.78 bits per heavy atom. The molecule has 1 unspecified atom stereocenters. The van der Waals surface area contributed by atoms with E-state index in [0.717, 1.165) is 38.3 Å². The van der Waals surface area contributed by atoms with Crippen molar-refractivity contribution < 1.29 is 9.50 Å². The number of likely N-dealkylation sites (N-methyl/N-ethyl adjacent to an activating group) is 1. The molecule has 0 aromatic heterocycles. The number of aliphatic hydroxyl groups is 1. The van der Waals surface area contributed by atoms with Crippen LogP contribution in [0.25, 0.3) is 0 Å². The van der Waals surface area contributed by atoms with Gasteiger partial charge in [0.1, 0.15) is 5.82 Å². The quantitative estimate of drug-likeness (QED) is 0.871. The minimum atomic E-state index is -0.227. The zero-order chi connectivity index (χ0) is 13.0. The van der Waals surface area contributed by atoms with Gasteiger partial charge in [-0.3, -0.25) is 0 Å². The first-order chi connectivity index (χ1) is 8.69. The molecule has 0 aliphatic carbocycles. The summed E-state index contributed by atoms with van der Waals surface area (Å²) in [7, 11) is 2.13. The number of hydrogen-bond acceptors (Lipinski definition) is 3. The summed E-state index contributed by atoms with van der Waals surface area (Å²) < 4.78 is 12.9. The highest BCUT2D eigenvalue weighted by Gasteiger charge is 2.19. The van der Waals surface area contributed by atoms with Gasteiger partial charge in [-0.25, -0.2) is 4.39 Å². The van der Waals surface area contributed by atoms with Gasteiger partial charge in [0, 0.05) is 38.6 Å². The van der Waals surface area contributed by atoms with Crippen LogP contribution in [0.5, 0.6) is 0 Å². The van der Waals surface area contributed by atoms with Gasteiger partial charge in [0.15, 0.2) is 0 Å². The molecule has 0 saturated carbocycles. The van der Waals surface area contributed by atoms with E-state index in [-0.39, 0.29) is 18.3 Å². The highest BCUT2D eigenvalue weighted by Crippen LogP contribution is 2.18. The normalized spacial score (nSPS) is 19.9. The predicted octanol–water partition coefficient (Wildman–Crippen LogP) is 1.15. The zero-order valence-corrected chi connectivity index (χ0v) is 10.8. The van der Waals surface area contributed by atoms with Gasteiger partial charge in [-0.1, -0.05) is 12.1 Å². The van der Waals surface area contributed by atoms with Crippen molar-refractivity contribution >= 4 is 0 Å². The topological polar surface area (TPSA) is 26.7 Å². The monoisotopic (exact) mass is 252 g/mol. The fourth-order valence-electron chi connectivity index (χ4n) is 2.35. The van der Waals surface area contributed by atoms with Crippen LogP contribution in [0.3, 0.4) is 0 Å². The second kappa shape index (κ2) is 6.27. The van der Waals surface area contributed by atoms with Gasteiger partial charge in [-0.15, -0.1) is 0 Å². The van der Waals surface area contributed by atoms with Crippen molar-refractivity contribution in [2.45, 2.75) is 5.92 Å². The molecule has 1 aliphatic heterocycles. The Balaban J connectivity index is 1.94. The van der Waals surface area contributed by atoms with E-state index in [1.165, 1.54) is 12.1 Å². The summed E-state index contributed by atoms with van der Waals surface area (Å²) in [6.07, 6.45) is 0. The summed E-state index contributed by atoms with van der Waals surface area (Å²) in [5.74, 6) is -0.149. The Morgan fingerprint density at radius 1 is 1.17 bits per heavy atom. The number of benzene rings is 1. The second-order valence-electron chi connectivity index (χ2n) is 5.03. The van der Waals surface area contributed by atoms with Crippen LogP contribution in [0.4, 0.5) is 4.39 Å². The SMILES string of the molecule is CN1CCN(CC(CO)c2ccc(F)cc2)CC1. The molecule has 18 heavy (non-hydrogen) atoms. The molecule has 4 heteroatoms. The molecular formula is C14H21FN2O. The fraction of sp³-hybridized carbons (Fsp3) is 0.571. The lowest BCUT2D eigenvalue weighted by Gasteiger charge is -2.34. The lowest BCUT2D eigenvalue weighted by molar-refractivity contribution is 0.133. The molecule has 3 nitrogen and oxygen atoms in total. The van der Waals surface area contributed by atoms with Crippen LogP contribution < -0.4 is 0 Å². The fourth-order valence-corrected chi connectivity index (χ4v) is 2.35. The van der Waals surface area contributed by atoms with E-state index in [2.05, 4.69) is 16.8 Å². The third-order valence-electron chi connectivity index (χ3n) is 3.64. The predicted molar refractivity (Wildman–Crippen MR) is 70.2 cm³/mol. The van der Waals surface area contributed by atoms with Crippen molar-refractivity contribution in [3.05, 3.63) is 35.6 Å². The van der Waals surface area contributed by atoms with Gasteiger partial charge < -0.3 is 14.9 Å². The maximum absolute atomic E-state index is 12.9. The van der Waals surface area contributed by atoms with E-state index in [4.69, 9.17) is 0 Å². The molecule has 100 valence electrons. The van der Waals surface area contributed by atoms with Crippen molar-refractivity contribution in [3.63, 3.8) is 0 Å². The summed E-state index contributed by atoms with van der Waals surface area (Å²) in [6.45, 7) is 5.17. The zero-order valence-electron chi connectivity index (χ0n) is 10.8. The molecule has 2 rings (SSSR count). The molecule has 1 aliphatic rings. The second-order valence-corrected chi connectivity index (χ2v) is 5.03. The first-order valence-corrected chi connectivity index (χ1v) is 6.46. The standard InChI is InChI=1S/C14H21FN2O/c1-16-6-8-17(9-7-16)10-13(11-18)12-2-4-14(15)5-3-12/h2-5,13,18H,6-11H2,1H3. The average molecular weight is 252 g/mol. The van der Waals surface area contributed by atoms with Gasteiger partial charge in [0.25, 0.3) is 0 Å². The molecule has 0 amide bonds. The summed E-state index contributed by atoms with van der Waals surface area (Å²) in [6, 6.07) is 6.46. The molecule has 1 heterocycles. The third-order valence-corrected chi connectivity index (χ3v) is 3.64. The molecule has 0 radical (unpaired) electrons. The molecule has 1 fully saturated rings. The highest BCUT2D eigenvalue weighted by molar-refractivity contribution is 5.21. The molecule has 1 aromatic carbocycles. The van der Waals surface area contributed by atoms with E-state index >= 15 is 0 Å². The molecule has 1 N–H and O–H groups in total. The number of halogens is 1. The smallest absolute Gasteiger partial charge is 0.123 e. The van der Waals surface area contributed by atoms with Crippen molar-refractivity contribution in [2.24, 2.45) is 0 Å². The highest BCUT2D eigenvalue weighted by atomic mass is 19.1. The summed E-state index contributed by atoms with van der Waals surface area (Å²) in [4.78, 5) is 4.67. The number of nitrogens with zero attached hydrogens (tertiary/aromatic N) is 2. The molecule has 1 atom stereocenters. The number of aliphatic hydroxyl groups excluding tert-OH is 1. The summed E-state index contributed by atoms with van der Waals surface area (Å²) >= 11 is 0. The lowest BCUT2D eigenvalue weighted by atomic mass is 9.99. The van der Waals surface area contributed by atoms with E-state index in [0.29, 0.717) is 0 Å². The largest absolute Gasteiger partial charge is 0.396 e. The Hall–Kier alpha value is -0.970. The number of piperazine rings is 1. The van der Waals surface area contributed by atoms with Gasteiger partial charge in [0.05, 0.1) is 6.61 Å². The summed E-state index contributed by atoms with van der Waals surface area (Å²) in [5.41, 5.74) is 1.01. The Morgan fingerprint density at radius 3 is 2.33 bits per heavy atom. The Labute approximate surface area is 108 Å². The van der Waals surface area contributed by atoms with Crippen LogP contribution >= 0.6 is 0 Å². The molecule has 1 aromatic rings. The minimum absolute atomic E-state index is 0.0778. The maximum atomic E-state index is 12.9. The molecule has 1 saturated heterocycles. The third kappa shape index (κ3) is 3.51. The maximum Gasteiger partial charge on any atom is 0.123 e. The Kier molecular flexibility index (Phi) is 4.69. The summed E-state index contributed by atoms with van der Waals surface area (Å²) in [5, 5.41) is 9.50. The van der Waals surface area contributed by atoms with E-state index < -0.39 is 0 Å².